The van der Waals surface area contributed by atoms with Crippen LogP contribution in [0.1, 0.15) is 5.56 Å². The molecule has 0 spiro atoms. The van der Waals surface area contributed by atoms with Crippen LogP contribution in [-0.4, -0.2) is 11.6 Å². The first kappa shape index (κ1) is 10.6. The Hall–Kier alpha value is -1.91. The van der Waals surface area contributed by atoms with Crippen LogP contribution >= 0.6 is 0 Å². The number of nitrogens with two attached hydrogens (primary N) is 1. The van der Waals surface area contributed by atoms with Crippen molar-refractivity contribution in [2.45, 2.75) is 12.8 Å². The summed E-state index contributed by atoms with van der Waals surface area (Å²) >= 11 is 0. The van der Waals surface area contributed by atoms with E-state index in [4.69, 9.17) is 10.3 Å². The molecular formula is C11H10F2N2O. The highest BCUT2D eigenvalue weighted by atomic mass is 19.3. The lowest BCUT2D eigenvalue weighted by molar-refractivity contribution is 0.149. The van der Waals surface area contributed by atoms with Gasteiger partial charge in [0.05, 0.1) is 0 Å². The van der Waals surface area contributed by atoms with E-state index in [1.54, 1.807) is 30.3 Å². The Morgan fingerprint density at radius 2 is 2.12 bits per heavy atom. The molecule has 3 nitrogen and oxygen atoms in total. The van der Waals surface area contributed by atoms with E-state index in [1.165, 1.54) is 0 Å². The van der Waals surface area contributed by atoms with Crippen LogP contribution in [0.15, 0.2) is 34.9 Å². The lowest BCUT2D eigenvalue weighted by Crippen LogP contribution is -1.96. The number of hydrogen-bond acceptors (Lipinski definition) is 3. The van der Waals surface area contributed by atoms with Crippen LogP contribution in [0.5, 0.6) is 0 Å². The predicted molar refractivity (Wildman–Crippen MR) is 56.1 cm³/mol. The van der Waals surface area contributed by atoms with Gasteiger partial charge >= 0.3 is 0 Å². The van der Waals surface area contributed by atoms with Crippen molar-refractivity contribution in [2.75, 3.05) is 5.73 Å². The molecule has 2 aromatic rings. The summed E-state index contributed by atoms with van der Waals surface area (Å²) in [7, 11) is 0. The van der Waals surface area contributed by atoms with Crippen molar-refractivity contribution >= 4 is 5.88 Å². The first-order valence-electron chi connectivity index (χ1n) is 4.75. The molecule has 0 amide bonds. The van der Waals surface area contributed by atoms with Gasteiger partial charge in [-0.2, -0.15) is 0 Å². The normalized spacial score (nSPS) is 10.9. The molecule has 0 aliphatic carbocycles. The van der Waals surface area contributed by atoms with Crippen LogP contribution < -0.4 is 5.73 Å². The van der Waals surface area contributed by atoms with E-state index in [1.807, 2.05) is 0 Å². The van der Waals surface area contributed by atoms with Gasteiger partial charge in [0.2, 0.25) is 12.3 Å². The molecule has 0 fully saturated rings. The molecule has 0 bridgehead atoms. The fourth-order valence-corrected chi connectivity index (χ4v) is 1.46. The monoisotopic (exact) mass is 224 g/mol. The van der Waals surface area contributed by atoms with Gasteiger partial charge in [-0.25, -0.2) is 8.78 Å². The maximum Gasteiger partial charge on any atom is 0.242 e. The highest BCUT2D eigenvalue weighted by molar-refractivity contribution is 5.61. The second-order valence-electron chi connectivity index (χ2n) is 3.41. The number of anilines is 1. The van der Waals surface area contributed by atoms with Crippen molar-refractivity contribution in [1.82, 2.24) is 5.16 Å². The maximum atomic E-state index is 12.2. The van der Waals surface area contributed by atoms with Crippen molar-refractivity contribution in [3.63, 3.8) is 0 Å². The molecule has 1 aromatic carbocycles. The van der Waals surface area contributed by atoms with Gasteiger partial charge in [0.15, 0.2) is 0 Å². The topological polar surface area (TPSA) is 52.0 Å². The summed E-state index contributed by atoms with van der Waals surface area (Å²) in [5.41, 5.74) is 7.22. The number of rotatable bonds is 3. The van der Waals surface area contributed by atoms with Gasteiger partial charge in [0.1, 0.15) is 5.69 Å². The molecule has 2 N–H and O–H groups in total. The number of aromatic nitrogens is 1. The van der Waals surface area contributed by atoms with E-state index in [-0.39, 0.29) is 12.3 Å². The van der Waals surface area contributed by atoms with Gasteiger partial charge in [0.25, 0.3) is 0 Å². The molecule has 0 saturated carbocycles. The largest absolute Gasteiger partial charge is 0.368 e. The Morgan fingerprint density at radius 1 is 1.31 bits per heavy atom. The quantitative estimate of drug-likeness (QED) is 0.872. The molecule has 1 heterocycles. The number of hydrogen-bond donors (Lipinski definition) is 1. The Balaban J connectivity index is 2.28. The van der Waals surface area contributed by atoms with Crippen molar-refractivity contribution in [2.24, 2.45) is 0 Å². The summed E-state index contributed by atoms with van der Waals surface area (Å²) in [6.45, 7) is 0. The van der Waals surface area contributed by atoms with Crippen LogP contribution in [-0.2, 0) is 6.42 Å². The molecule has 5 heteroatoms. The maximum absolute atomic E-state index is 12.2. The summed E-state index contributed by atoms with van der Waals surface area (Å²) in [5, 5.41) is 3.72. The molecule has 16 heavy (non-hydrogen) atoms. The van der Waals surface area contributed by atoms with E-state index in [2.05, 4.69) is 5.16 Å². The van der Waals surface area contributed by atoms with Gasteiger partial charge in [-0.1, -0.05) is 23.4 Å². The van der Waals surface area contributed by atoms with Crippen molar-refractivity contribution in [1.29, 1.82) is 0 Å². The average Bonchev–Trinajstić information content (AvgIpc) is 2.64. The van der Waals surface area contributed by atoms with Gasteiger partial charge in [-0.05, 0) is 11.6 Å². The van der Waals surface area contributed by atoms with Crippen LogP contribution in [0.25, 0.3) is 11.3 Å². The Bertz CT molecular complexity index is 482. The fourth-order valence-electron chi connectivity index (χ4n) is 1.46. The molecule has 0 unspecified atom stereocenters. The summed E-state index contributed by atoms with van der Waals surface area (Å²) in [6, 6.07) is 8.34. The third kappa shape index (κ3) is 2.36. The summed E-state index contributed by atoms with van der Waals surface area (Å²) in [6.07, 6.45) is -2.61. The summed E-state index contributed by atoms with van der Waals surface area (Å²) < 4.78 is 29.1. The minimum Gasteiger partial charge on any atom is -0.368 e. The molecule has 84 valence electrons. The fraction of sp³-hybridized carbons (Fsp3) is 0.182. The molecule has 0 aliphatic rings. The van der Waals surface area contributed by atoms with Crippen LogP contribution in [0, 0.1) is 0 Å². The number of alkyl halides is 2. The first-order chi connectivity index (χ1) is 7.65. The minimum absolute atomic E-state index is 0.203. The van der Waals surface area contributed by atoms with E-state index >= 15 is 0 Å². The van der Waals surface area contributed by atoms with E-state index in [0.29, 0.717) is 11.3 Å². The summed E-state index contributed by atoms with van der Waals surface area (Å²) in [5.74, 6) is 0.203. The van der Waals surface area contributed by atoms with Gasteiger partial charge in [-0.15, -0.1) is 0 Å². The molecule has 1 aromatic heterocycles. The molecule has 0 radical (unpaired) electrons. The SMILES string of the molecule is Nc1cc(-c2cccc(CC(F)F)c2)no1. The highest BCUT2D eigenvalue weighted by Gasteiger charge is 2.08. The predicted octanol–water partition coefficient (Wildman–Crippen LogP) is 2.73. The Labute approximate surface area is 90.9 Å². The first-order valence-corrected chi connectivity index (χ1v) is 4.75. The second-order valence-corrected chi connectivity index (χ2v) is 3.41. The van der Waals surface area contributed by atoms with Crippen LogP contribution in [0.2, 0.25) is 0 Å². The molecule has 2 rings (SSSR count). The van der Waals surface area contributed by atoms with Crippen LogP contribution in [0.4, 0.5) is 14.7 Å². The van der Waals surface area contributed by atoms with E-state index < -0.39 is 6.43 Å². The third-order valence-electron chi connectivity index (χ3n) is 2.14. The van der Waals surface area contributed by atoms with Gasteiger partial charge < -0.3 is 10.3 Å². The lowest BCUT2D eigenvalue weighted by atomic mass is 10.1. The van der Waals surface area contributed by atoms with E-state index in [9.17, 15) is 8.78 Å². The smallest absolute Gasteiger partial charge is 0.242 e. The molecule has 0 atom stereocenters. The molecular weight excluding hydrogens is 214 g/mol. The number of benzene rings is 1. The lowest BCUT2D eigenvalue weighted by Gasteiger charge is -2.02. The number of nitrogens with zero attached hydrogens (tertiary/aromatic N) is 1. The average molecular weight is 224 g/mol. The van der Waals surface area contributed by atoms with E-state index in [0.717, 1.165) is 5.56 Å². The third-order valence-corrected chi connectivity index (χ3v) is 2.14. The summed E-state index contributed by atoms with van der Waals surface area (Å²) in [4.78, 5) is 0. The Kier molecular flexibility index (Phi) is 2.85. The molecule has 0 saturated heterocycles. The van der Waals surface area contributed by atoms with Gasteiger partial charge in [0, 0.05) is 18.1 Å². The zero-order chi connectivity index (χ0) is 11.5. The highest BCUT2D eigenvalue weighted by Crippen LogP contribution is 2.22. The number of nitrogen functional groups attached to an aromatic ring is 1. The van der Waals surface area contributed by atoms with Crippen LogP contribution in [0.3, 0.4) is 0 Å². The zero-order valence-corrected chi connectivity index (χ0v) is 8.36. The number of halogens is 2. The minimum atomic E-state index is -2.35. The van der Waals surface area contributed by atoms with Crippen molar-refractivity contribution < 1.29 is 13.3 Å². The Morgan fingerprint density at radius 3 is 2.75 bits per heavy atom. The zero-order valence-electron chi connectivity index (χ0n) is 8.36. The van der Waals surface area contributed by atoms with Crippen molar-refractivity contribution in [3.05, 3.63) is 35.9 Å². The molecule has 0 aliphatic heterocycles. The second kappa shape index (κ2) is 4.30. The standard InChI is InChI=1S/C11H10F2N2O/c12-10(13)5-7-2-1-3-8(4-7)9-6-11(14)16-15-9/h1-4,6,10H,5,14H2. The van der Waals surface area contributed by atoms with Gasteiger partial charge in [-0.3, -0.25) is 0 Å². The van der Waals surface area contributed by atoms with Crippen molar-refractivity contribution in [3.8, 4) is 11.3 Å².